The molecule has 3 aromatic rings. The van der Waals surface area contributed by atoms with Crippen LogP contribution in [-0.2, 0) is 6.54 Å². The van der Waals surface area contributed by atoms with Gasteiger partial charge in [-0.1, -0.05) is 6.07 Å². The van der Waals surface area contributed by atoms with Gasteiger partial charge in [-0.3, -0.25) is 0 Å². The highest BCUT2D eigenvalue weighted by Crippen LogP contribution is 2.29. The first-order valence-corrected chi connectivity index (χ1v) is 10.0. The van der Waals surface area contributed by atoms with Gasteiger partial charge in [-0.2, -0.15) is 0 Å². The maximum Gasteiger partial charge on any atom is 0.132 e. The highest BCUT2D eigenvalue weighted by Gasteiger charge is 2.20. The molecule has 1 aliphatic heterocycles. The zero-order valence-electron chi connectivity index (χ0n) is 17.0. The van der Waals surface area contributed by atoms with Crippen LogP contribution in [0.2, 0.25) is 0 Å². The summed E-state index contributed by atoms with van der Waals surface area (Å²) >= 11 is 0. The third-order valence-corrected chi connectivity index (χ3v) is 5.78. The van der Waals surface area contributed by atoms with Crippen LogP contribution >= 0.6 is 0 Å². The lowest BCUT2D eigenvalue weighted by molar-refractivity contribution is 0.394. The van der Waals surface area contributed by atoms with Crippen molar-refractivity contribution in [3.8, 4) is 5.75 Å². The van der Waals surface area contributed by atoms with Crippen LogP contribution in [0.25, 0.3) is 10.9 Å². The van der Waals surface area contributed by atoms with Crippen molar-refractivity contribution in [2.24, 2.45) is 0 Å². The molecule has 0 radical (unpaired) electrons. The minimum absolute atomic E-state index is 0.545. The molecular formula is C23H30N4O. The predicted molar refractivity (Wildman–Crippen MR) is 118 cm³/mol. The molecule has 2 N–H and O–H groups in total. The summed E-state index contributed by atoms with van der Waals surface area (Å²) in [5.41, 5.74) is 4.91. The molecule has 1 saturated heterocycles. The summed E-state index contributed by atoms with van der Waals surface area (Å²) in [6, 6.07) is 15.8. The smallest absolute Gasteiger partial charge is 0.132 e. The number of anilines is 2. The number of hydrogen-bond donors (Lipinski definition) is 2. The van der Waals surface area contributed by atoms with Gasteiger partial charge in [0.25, 0.3) is 0 Å². The van der Waals surface area contributed by atoms with E-state index < -0.39 is 0 Å². The van der Waals surface area contributed by atoms with Crippen LogP contribution in [-0.4, -0.2) is 45.3 Å². The monoisotopic (exact) mass is 378 g/mol. The molecule has 0 atom stereocenters. The Hall–Kier alpha value is -2.66. The Morgan fingerprint density at radius 3 is 2.50 bits per heavy atom. The Labute approximate surface area is 167 Å². The summed E-state index contributed by atoms with van der Waals surface area (Å²) in [6.45, 7) is 3.02. The van der Waals surface area contributed by atoms with Crippen molar-refractivity contribution in [2.75, 3.05) is 44.1 Å². The SMILES string of the molecule is COc1c(CNC2CCN(c3ccc(N(C)C)cc3)CC2)ccc2[nH]ccc12. The summed E-state index contributed by atoms with van der Waals surface area (Å²) in [5.74, 6) is 0.977. The minimum atomic E-state index is 0.545. The van der Waals surface area contributed by atoms with Gasteiger partial charge in [-0.25, -0.2) is 0 Å². The maximum absolute atomic E-state index is 5.69. The highest BCUT2D eigenvalue weighted by atomic mass is 16.5. The number of rotatable bonds is 6. The average molecular weight is 379 g/mol. The van der Waals surface area contributed by atoms with Crippen LogP contribution in [0.3, 0.4) is 0 Å². The van der Waals surface area contributed by atoms with E-state index in [1.54, 1.807) is 7.11 Å². The number of piperidine rings is 1. The molecule has 28 heavy (non-hydrogen) atoms. The molecule has 2 heterocycles. The number of ether oxygens (including phenoxy) is 1. The lowest BCUT2D eigenvalue weighted by Gasteiger charge is -2.34. The summed E-state index contributed by atoms with van der Waals surface area (Å²) in [7, 11) is 5.91. The fourth-order valence-electron chi connectivity index (χ4n) is 4.09. The van der Waals surface area contributed by atoms with Crippen molar-refractivity contribution < 1.29 is 4.74 Å². The van der Waals surface area contributed by atoms with Crippen molar-refractivity contribution in [1.82, 2.24) is 10.3 Å². The molecule has 0 spiro atoms. The van der Waals surface area contributed by atoms with Gasteiger partial charge in [-0.05, 0) is 49.2 Å². The summed E-state index contributed by atoms with van der Waals surface area (Å²) in [4.78, 5) is 7.88. The molecule has 148 valence electrons. The van der Waals surface area contributed by atoms with Crippen molar-refractivity contribution >= 4 is 22.3 Å². The van der Waals surface area contributed by atoms with E-state index in [0.29, 0.717) is 6.04 Å². The Morgan fingerprint density at radius 2 is 1.82 bits per heavy atom. The number of aromatic amines is 1. The molecule has 1 aromatic heterocycles. The van der Waals surface area contributed by atoms with Gasteiger partial charge in [0.05, 0.1) is 7.11 Å². The Balaban J connectivity index is 1.33. The van der Waals surface area contributed by atoms with Crippen LogP contribution in [0.5, 0.6) is 5.75 Å². The Bertz CT molecular complexity index is 908. The first kappa shape index (κ1) is 18.7. The molecular weight excluding hydrogens is 348 g/mol. The lowest BCUT2D eigenvalue weighted by Crippen LogP contribution is -2.42. The number of nitrogens with one attached hydrogen (secondary N) is 2. The Kier molecular flexibility index (Phi) is 5.44. The van der Waals surface area contributed by atoms with E-state index in [1.165, 1.54) is 16.9 Å². The molecule has 5 heteroatoms. The number of fused-ring (bicyclic) bond motifs is 1. The number of hydrogen-bond acceptors (Lipinski definition) is 4. The summed E-state index contributed by atoms with van der Waals surface area (Å²) < 4.78 is 5.69. The van der Waals surface area contributed by atoms with Gasteiger partial charge in [0, 0.05) is 73.8 Å². The molecule has 1 aliphatic rings. The van der Waals surface area contributed by atoms with Gasteiger partial charge < -0.3 is 24.8 Å². The van der Waals surface area contributed by atoms with Gasteiger partial charge >= 0.3 is 0 Å². The first-order chi connectivity index (χ1) is 13.7. The largest absolute Gasteiger partial charge is 0.496 e. The Morgan fingerprint density at radius 1 is 1.07 bits per heavy atom. The quantitative estimate of drug-likeness (QED) is 0.680. The van der Waals surface area contributed by atoms with Crippen molar-refractivity contribution in [2.45, 2.75) is 25.4 Å². The predicted octanol–water partition coefficient (Wildman–Crippen LogP) is 4.00. The number of methoxy groups -OCH3 is 1. The van der Waals surface area contributed by atoms with Gasteiger partial charge in [-0.15, -0.1) is 0 Å². The number of aromatic nitrogens is 1. The molecule has 5 nitrogen and oxygen atoms in total. The second-order valence-electron chi connectivity index (χ2n) is 7.75. The topological polar surface area (TPSA) is 43.5 Å². The molecule has 0 amide bonds. The molecule has 0 bridgehead atoms. The summed E-state index contributed by atoms with van der Waals surface area (Å²) in [6.07, 6.45) is 4.28. The van der Waals surface area contributed by atoms with Crippen molar-refractivity contribution in [3.63, 3.8) is 0 Å². The van der Waals surface area contributed by atoms with Crippen LogP contribution < -0.4 is 19.9 Å². The number of nitrogens with zero attached hydrogens (tertiary/aromatic N) is 2. The van der Waals surface area contributed by atoms with Crippen LogP contribution in [0.1, 0.15) is 18.4 Å². The van der Waals surface area contributed by atoms with E-state index in [2.05, 4.69) is 76.7 Å². The first-order valence-electron chi connectivity index (χ1n) is 10.0. The van der Waals surface area contributed by atoms with Crippen LogP contribution in [0.4, 0.5) is 11.4 Å². The molecule has 0 aliphatic carbocycles. The summed E-state index contributed by atoms with van der Waals surface area (Å²) in [5, 5.41) is 4.89. The molecule has 0 saturated carbocycles. The molecule has 2 aromatic carbocycles. The van der Waals surface area contributed by atoms with E-state index in [1.807, 2.05) is 6.20 Å². The van der Waals surface area contributed by atoms with E-state index in [0.717, 1.165) is 49.1 Å². The molecule has 1 fully saturated rings. The third-order valence-electron chi connectivity index (χ3n) is 5.78. The van der Waals surface area contributed by atoms with Gasteiger partial charge in [0.15, 0.2) is 0 Å². The van der Waals surface area contributed by atoms with E-state index in [9.17, 15) is 0 Å². The van der Waals surface area contributed by atoms with Crippen molar-refractivity contribution in [3.05, 3.63) is 54.2 Å². The zero-order valence-corrected chi connectivity index (χ0v) is 17.0. The lowest BCUT2D eigenvalue weighted by atomic mass is 10.0. The third kappa shape index (κ3) is 3.80. The second-order valence-corrected chi connectivity index (χ2v) is 7.75. The maximum atomic E-state index is 5.69. The molecule has 4 rings (SSSR count). The van der Waals surface area contributed by atoms with Crippen LogP contribution in [0.15, 0.2) is 48.7 Å². The molecule has 0 unspecified atom stereocenters. The highest BCUT2D eigenvalue weighted by molar-refractivity contribution is 5.87. The normalized spacial score (nSPS) is 15.2. The van der Waals surface area contributed by atoms with E-state index >= 15 is 0 Å². The van der Waals surface area contributed by atoms with Gasteiger partial charge in [0.2, 0.25) is 0 Å². The van der Waals surface area contributed by atoms with Gasteiger partial charge in [0.1, 0.15) is 5.75 Å². The number of benzene rings is 2. The van der Waals surface area contributed by atoms with Crippen molar-refractivity contribution in [1.29, 1.82) is 0 Å². The standard InChI is InChI=1S/C23H30N4O/c1-26(2)19-5-7-20(8-6-19)27-14-11-18(12-15-27)25-16-17-4-9-22-21(10-13-24-22)23(17)28-3/h4-10,13,18,24-25H,11-12,14-16H2,1-3H3. The van der Waals surface area contributed by atoms with Crippen LogP contribution in [0, 0.1) is 0 Å². The zero-order chi connectivity index (χ0) is 19.5. The fraction of sp³-hybridized carbons (Fsp3) is 0.391. The van der Waals surface area contributed by atoms with E-state index in [-0.39, 0.29) is 0 Å². The fourth-order valence-corrected chi connectivity index (χ4v) is 4.09. The van der Waals surface area contributed by atoms with E-state index in [4.69, 9.17) is 4.74 Å². The average Bonchev–Trinajstić information content (AvgIpc) is 3.21. The second kappa shape index (κ2) is 8.15. The minimum Gasteiger partial charge on any atom is -0.496 e. The number of H-pyrrole nitrogens is 1.